The van der Waals surface area contributed by atoms with Crippen LogP contribution in [0.1, 0.15) is 0 Å². The fourth-order valence-electron chi connectivity index (χ4n) is 1.17. The summed E-state index contributed by atoms with van der Waals surface area (Å²) in [6.45, 7) is -0.968. The monoisotopic (exact) mass is 269 g/mol. The van der Waals surface area contributed by atoms with Crippen molar-refractivity contribution in [3.8, 4) is 0 Å². The Morgan fingerprint density at radius 3 is 2.33 bits per heavy atom. The maximum atomic E-state index is 12.7. The summed E-state index contributed by atoms with van der Waals surface area (Å²) in [5, 5.41) is 10.5. The van der Waals surface area contributed by atoms with Crippen LogP contribution in [0.2, 0.25) is 0 Å². The maximum Gasteiger partial charge on any atom is 0.403 e. The van der Waals surface area contributed by atoms with E-state index in [1.54, 1.807) is 0 Å². The molecule has 0 spiro atoms. The first-order valence-corrected chi connectivity index (χ1v) is 4.70. The quantitative estimate of drug-likeness (QED) is 0.826. The van der Waals surface area contributed by atoms with Gasteiger partial charge in [0.05, 0.1) is 0 Å². The molecule has 0 heterocycles. The maximum absolute atomic E-state index is 12.7. The summed E-state index contributed by atoms with van der Waals surface area (Å²) in [7, 11) is 0. The lowest BCUT2D eigenvalue weighted by Crippen LogP contribution is -2.36. The number of nitrogens with one attached hydrogen (secondary N) is 1. The third-order valence-electron chi connectivity index (χ3n) is 2.12. The van der Waals surface area contributed by atoms with E-state index in [1.807, 2.05) is 0 Å². The third kappa shape index (κ3) is 3.57. The lowest BCUT2D eigenvalue weighted by molar-refractivity contribution is -0.190. The number of halogens is 5. The predicted octanol–water partition coefficient (Wildman–Crippen LogP) is 2.64. The molecule has 3 nitrogen and oxygen atoms in total. The second kappa shape index (κ2) is 5.19. The Morgan fingerprint density at radius 2 is 1.89 bits per heavy atom. The average molecular weight is 269 g/mol. The molecule has 0 aromatic heterocycles. The van der Waals surface area contributed by atoms with Gasteiger partial charge in [-0.05, 0) is 18.2 Å². The van der Waals surface area contributed by atoms with Crippen LogP contribution in [-0.2, 0) is 4.79 Å². The Bertz CT molecular complexity index is 446. The molecular weight excluding hydrogens is 261 g/mol. The molecule has 0 radical (unpaired) electrons. The molecule has 0 aliphatic heterocycles. The molecule has 1 unspecified atom stereocenters. The molecule has 1 rings (SSSR count). The van der Waals surface area contributed by atoms with Gasteiger partial charge in [0.2, 0.25) is 0 Å². The van der Waals surface area contributed by atoms with E-state index >= 15 is 0 Å². The minimum absolute atomic E-state index is 0.135. The molecule has 1 atom stereocenters. The van der Waals surface area contributed by atoms with Gasteiger partial charge in [0, 0.05) is 12.2 Å². The molecule has 2 N–H and O–H groups in total. The van der Waals surface area contributed by atoms with Crippen molar-refractivity contribution in [2.75, 3.05) is 11.9 Å². The number of hydrogen-bond donors (Lipinski definition) is 2. The molecular formula is C10H8F5NO2. The molecule has 100 valence electrons. The van der Waals surface area contributed by atoms with Gasteiger partial charge in [-0.2, -0.15) is 13.2 Å². The number of rotatable bonds is 4. The summed E-state index contributed by atoms with van der Waals surface area (Å²) >= 11 is 0. The second-order valence-electron chi connectivity index (χ2n) is 3.44. The van der Waals surface area contributed by atoms with E-state index in [1.165, 1.54) is 0 Å². The predicted molar refractivity (Wildman–Crippen MR) is 52.0 cm³/mol. The van der Waals surface area contributed by atoms with Crippen LogP contribution < -0.4 is 5.32 Å². The number of carbonyl (C=O) groups is 1. The van der Waals surface area contributed by atoms with Gasteiger partial charge in [-0.1, -0.05) is 0 Å². The molecule has 0 saturated carbocycles. The highest BCUT2D eigenvalue weighted by atomic mass is 19.4. The van der Waals surface area contributed by atoms with Crippen molar-refractivity contribution < 1.29 is 31.9 Å². The van der Waals surface area contributed by atoms with Gasteiger partial charge in [-0.15, -0.1) is 0 Å². The molecule has 18 heavy (non-hydrogen) atoms. The molecule has 0 fully saturated rings. The third-order valence-corrected chi connectivity index (χ3v) is 2.12. The summed E-state index contributed by atoms with van der Waals surface area (Å²) in [6.07, 6.45) is -4.92. The first-order chi connectivity index (χ1) is 8.21. The number of carboxylic acids is 1. The lowest BCUT2D eigenvalue weighted by Gasteiger charge is -2.17. The van der Waals surface area contributed by atoms with Gasteiger partial charge < -0.3 is 10.4 Å². The Kier molecular flexibility index (Phi) is 4.10. The first kappa shape index (κ1) is 14.2. The van der Waals surface area contributed by atoms with E-state index in [4.69, 9.17) is 5.11 Å². The van der Waals surface area contributed by atoms with Crippen molar-refractivity contribution in [1.82, 2.24) is 0 Å². The zero-order chi connectivity index (χ0) is 13.9. The number of aliphatic carboxylic acids is 1. The van der Waals surface area contributed by atoms with Crippen molar-refractivity contribution in [2.45, 2.75) is 6.18 Å². The van der Waals surface area contributed by atoms with E-state index in [0.717, 1.165) is 12.1 Å². The normalized spacial score (nSPS) is 13.2. The Labute approximate surface area is 98.2 Å². The zero-order valence-electron chi connectivity index (χ0n) is 8.76. The standard InChI is InChI=1S/C10H8F5NO2/c11-7-2-1-5(3-8(7)12)16-4-6(9(17)18)10(13,14)15/h1-3,6,16H,4H2,(H,17,18). The van der Waals surface area contributed by atoms with Crippen LogP contribution in [0.5, 0.6) is 0 Å². The van der Waals surface area contributed by atoms with Gasteiger partial charge in [-0.3, -0.25) is 4.79 Å². The highest BCUT2D eigenvalue weighted by molar-refractivity contribution is 5.71. The van der Waals surface area contributed by atoms with E-state index in [-0.39, 0.29) is 5.69 Å². The molecule has 8 heteroatoms. The van der Waals surface area contributed by atoms with E-state index in [9.17, 15) is 26.7 Å². The number of anilines is 1. The lowest BCUT2D eigenvalue weighted by atomic mass is 10.1. The van der Waals surface area contributed by atoms with Crippen LogP contribution >= 0.6 is 0 Å². The Hall–Kier alpha value is -1.86. The molecule has 0 aliphatic carbocycles. The fraction of sp³-hybridized carbons (Fsp3) is 0.300. The van der Waals surface area contributed by atoms with Crippen molar-refractivity contribution in [2.24, 2.45) is 5.92 Å². The largest absolute Gasteiger partial charge is 0.481 e. The molecule has 1 aromatic carbocycles. The van der Waals surface area contributed by atoms with Crippen LogP contribution in [0.3, 0.4) is 0 Å². The number of benzene rings is 1. The summed E-state index contributed by atoms with van der Waals surface area (Å²) in [4.78, 5) is 10.4. The minimum atomic E-state index is -4.92. The van der Waals surface area contributed by atoms with Crippen molar-refractivity contribution >= 4 is 11.7 Å². The Morgan fingerprint density at radius 1 is 1.28 bits per heavy atom. The summed E-state index contributed by atoms with van der Waals surface area (Å²) in [5.74, 6) is -7.05. The van der Waals surface area contributed by atoms with Crippen LogP contribution in [0.25, 0.3) is 0 Å². The minimum Gasteiger partial charge on any atom is -0.481 e. The van der Waals surface area contributed by atoms with Gasteiger partial charge in [0.15, 0.2) is 17.6 Å². The van der Waals surface area contributed by atoms with Gasteiger partial charge in [0.25, 0.3) is 0 Å². The smallest absolute Gasteiger partial charge is 0.403 e. The number of hydrogen-bond acceptors (Lipinski definition) is 2. The Balaban J connectivity index is 2.73. The summed E-state index contributed by atoms with van der Waals surface area (Å²) in [5.41, 5.74) is -0.135. The van der Waals surface area contributed by atoms with Crippen LogP contribution in [-0.4, -0.2) is 23.8 Å². The number of carboxylic acid groups (broad SMARTS) is 1. The van der Waals surface area contributed by atoms with E-state index in [0.29, 0.717) is 6.07 Å². The van der Waals surface area contributed by atoms with Crippen molar-refractivity contribution in [1.29, 1.82) is 0 Å². The van der Waals surface area contributed by atoms with Gasteiger partial charge in [0.1, 0.15) is 0 Å². The molecule has 0 saturated heterocycles. The second-order valence-corrected chi connectivity index (χ2v) is 3.44. The molecule has 0 amide bonds. The summed E-state index contributed by atoms with van der Waals surface area (Å²) < 4.78 is 62.1. The molecule has 0 bridgehead atoms. The van der Waals surface area contributed by atoms with Crippen LogP contribution in [0.15, 0.2) is 18.2 Å². The number of alkyl halides is 3. The molecule has 0 aliphatic rings. The van der Waals surface area contributed by atoms with Crippen molar-refractivity contribution in [3.63, 3.8) is 0 Å². The van der Waals surface area contributed by atoms with Crippen molar-refractivity contribution in [3.05, 3.63) is 29.8 Å². The van der Waals surface area contributed by atoms with E-state index < -0.39 is 36.2 Å². The van der Waals surface area contributed by atoms with Crippen LogP contribution in [0, 0.1) is 17.6 Å². The topological polar surface area (TPSA) is 49.3 Å². The summed E-state index contributed by atoms with van der Waals surface area (Å²) in [6, 6.07) is 2.37. The van der Waals surface area contributed by atoms with Gasteiger partial charge >= 0.3 is 12.1 Å². The highest BCUT2D eigenvalue weighted by Crippen LogP contribution is 2.27. The molecule has 1 aromatic rings. The van der Waals surface area contributed by atoms with E-state index in [2.05, 4.69) is 5.32 Å². The fourth-order valence-corrected chi connectivity index (χ4v) is 1.17. The SMILES string of the molecule is O=C(O)C(CNc1ccc(F)c(F)c1)C(F)(F)F. The average Bonchev–Trinajstić information content (AvgIpc) is 2.21. The van der Waals surface area contributed by atoms with Crippen LogP contribution in [0.4, 0.5) is 27.6 Å². The highest BCUT2D eigenvalue weighted by Gasteiger charge is 2.44. The van der Waals surface area contributed by atoms with Gasteiger partial charge in [-0.25, -0.2) is 8.78 Å². The first-order valence-electron chi connectivity index (χ1n) is 4.70. The zero-order valence-corrected chi connectivity index (χ0v) is 8.76.